The quantitative estimate of drug-likeness (QED) is 0.634. The summed E-state index contributed by atoms with van der Waals surface area (Å²) in [6, 6.07) is 3.77. The monoisotopic (exact) mass is 279 g/mol. The summed E-state index contributed by atoms with van der Waals surface area (Å²) in [5, 5.41) is 0. The molecule has 0 aromatic heterocycles. The Labute approximate surface area is 119 Å². The van der Waals surface area contributed by atoms with Crippen molar-refractivity contribution in [3.63, 3.8) is 0 Å². The van der Waals surface area contributed by atoms with Crippen LogP contribution in [0.4, 0.5) is 5.69 Å². The summed E-state index contributed by atoms with van der Waals surface area (Å²) in [6.45, 7) is 5.41. The fraction of sp³-hybridized carbons (Fsp3) is 0.467. The highest BCUT2D eigenvalue weighted by atomic mass is 16.5. The van der Waals surface area contributed by atoms with E-state index in [9.17, 15) is 9.59 Å². The van der Waals surface area contributed by atoms with Crippen LogP contribution in [0.2, 0.25) is 0 Å². The lowest BCUT2D eigenvalue weighted by atomic mass is 9.97. The van der Waals surface area contributed by atoms with Gasteiger partial charge in [0.25, 0.3) is 0 Å². The van der Waals surface area contributed by atoms with Crippen molar-refractivity contribution in [3.8, 4) is 0 Å². The average molecular weight is 279 g/mol. The molecule has 0 fully saturated rings. The van der Waals surface area contributed by atoms with E-state index in [0.717, 1.165) is 16.7 Å². The van der Waals surface area contributed by atoms with E-state index < -0.39 is 0 Å². The summed E-state index contributed by atoms with van der Waals surface area (Å²) < 4.78 is 9.89. The SMILES string of the molecule is CC(=O)OCCc1ccc(N)c(CCOC(C)=O)c1C. The van der Waals surface area contributed by atoms with Crippen molar-refractivity contribution in [1.82, 2.24) is 0 Å². The summed E-state index contributed by atoms with van der Waals surface area (Å²) >= 11 is 0. The molecular formula is C15H21NO4. The first-order valence-corrected chi connectivity index (χ1v) is 6.55. The maximum absolute atomic E-state index is 10.8. The number of rotatable bonds is 6. The average Bonchev–Trinajstić information content (AvgIpc) is 2.35. The molecule has 0 radical (unpaired) electrons. The largest absolute Gasteiger partial charge is 0.466 e. The third kappa shape index (κ3) is 4.91. The Balaban J connectivity index is 2.73. The van der Waals surface area contributed by atoms with Gasteiger partial charge in [0.15, 0.2) is 0 Å². The Kier molecular flexibility index (Phi) is 6.03. The van der Waals surface area contributed by atoms with E-state index in [4.69, 9.17) is 15.2 Å². The predicted octanol–water partition coefficient (Wildman–Crippen LogP) is 1.79. The zero-order chi connectivity index (χ0) is 15.1. The van der Waals surface area contributed by atoms with Crippen molar-refractivity contribution < 1.29 is 19.1 Å². The molecule has 0 saturated heterocycles. The molecule has 2 N–H and O–H groups in total. The van der Waals surface area contributed by atoms with Gasteiger partial charge in [-0.2, -0.15) is 0 Å². The van der Waals surface area contributed by atoms with Crippen LogP contribution in [0, 0.1) is 6.92 Å². The topological polar surface area (TPSA) is 78.6 Å². The molecule has 0 bridgehead atoms. The van der Waals surface area contributed by atoms with E-state index >= 15 is 0 Å². The van der Waals surface area contributed by atoms with Gasteiger partial charge in [0.05, 0.1) is 13.2 Å². The molecule has 0 aliphatic heterocycles. The second-order valence-electron chi connectivity index (χ2n) is 4.60. The van der Waals surface area contributed by atoms with Gasteiger partial charge >= 0.3 is 11.9 Å². The fourth-order valence-electron chi connectivity index (χ4n) is 2.03. The van der Waals surface area contributed by atoms with E-state index in [2.05, 4.69) is 0 Å². The van der Waals surface area contributed by atoms with Gasteiger partial charge in [0.1, 0.15) is 0 Å². The Morgan fingerprint density at radius 2 is 1.60 bits per heavy atom. The first-order valence-electron chi connectivity index (χ1n) is 6.55. The minimum Gasteiger partial charge on any atom is -0.466 e. The number of nitrogens with two attached hydrogens (primary N) is 1. The van der Waals surface area contributed by atoms with Gasteiger partial charge < -0.3 is 15.2 Å². The van der Waals surface area contributed by atoms with Crippen molar-refractivity contribution in [2.24, 2.45) is 0 Å². The molecule has 0 saturated carbocycles. The maximum atomic E-state index is 10.8. The second-order valence-corrected chi connectivity index (χ2v) is 4.60. The summed E-state index contributed by atoms with van der Waals surface area (Å²) in [6.07, 6.45) is 1.23. The van der Waals surface area contributed by atoms with Gasteiger partial charge in [-0.15, -0.1) is 0 Å². The van der Waals surface area contributed by atoms with Crippen LogP contribution in [0.1, 0.15) is 30.5 Å². The first-order chi connectivity index (χ1) is 9.41. The Bertz CT molecular complexity index is 497. The molecule has 0 atom stereocenters. The second kappa shape index (κ2) is 7.53. The van der Waals surface area contributed by atoms with Crippen molar-refractivity contribution >= 4 is 17.6 Å². The van der Waals surface area contributed by atoms with Crippen LogP contribution in [-0.4, -0.2) is 25.2 Å². The highest BCUT2D eigenvalue weighted by Gasteiger charge is 2.09. The molecule has 0 aliphatic carbocycles. The summed E-state index contributed by atoms with van der Waals surface area (Å²) in [5.41, 5.74) is 9.76. The number of hydrogen-bond acceptors (Lipinski definition) is 5. The molecule has 5 heteroatoms. The standard InChI is InChI=1S/C15H21NO4/c1-10-13(6-8-19-11(2)17)4-5-15(16)14(10)7-9-20-12(3)18/h4-5H,6-9,16H2,1-3H3. The third-order valence-corrected chi connectivity index (χ3v) is 3.08. The lowest BCUT2D eigenvalue weighted by molar-refractivity contribution is -0.141. The van der Waals surface area contributed by atoms with Gasteiger partial charge in [-0.05, 0) is 29.7 Å². The molecule has 0 amide bonds. The molecule has 0 heterocycles. The molecule has 20 heavy (non-hydrogen) atoms. The van der Waals surface area contributed by atoms with Crippen molar-refractivity contribution in [2.75, 3.05) is 18.9 Å². The highest BCUT2D eigenvalue weighted by Crippen LogP contribution is 2.22. The number of nitrogen functional groups attached to an aromatic ring is 1. The fourth-order valence-corrected chi connectivity index (χ4v) is 2.03. The third-order valence-electron chi connectivity index (χ3n) is 3.08. The van der Waals surface area contributed by atoms with E-state index in [1.807, 2.05) is 19.1 Å². The zero-order valence-corrected chi connectivity index (χ0v) is 12.2. The van der Waals surface area contributed by atoms with Gasteiger partial charge in [-0.3, -0.25) is 9.59 Å². The predicted molar refractivity (Wildman–Crippen MR) is 76.3 cm³/mol. The molecule has 110 valence electrons. The lowest BCUT2D eigenvalue weighted by Crippen LogP contribution is -2.09. The minimum atomic E-state index is -0.299. The number of anilines is 1. The Morgan fingerprint density at radius 3 is 2.15 bits per heavy atom. The van der Waals surface area contributed by atoms with Crippen LogP contribution in [0.3, 0.4) is 0 Å². The number of benzene rings is 1. The number of carbonyl (C=O) groups excluding carboxylic acids is 2. The molecule has 5 nitrogen and oxygen atoms in total. The van der Waals surface area contributed by atoms with Crippen LogP contribution in [0.25, 0.3) is 0 Å². The van der Waals surface area contributed by atoms with E-state index in [1.54, 1.807) is 0 Å². The van der Waals surface area contributed by atoms with Crippen LogP contribution in [-0.2, 0) is 31.9 Å². The van der Waals surface area contributed by atoms with Crippen LogP contribution < -0.4 is 5.73 Å². The minimum absolute atomic E-state index is 0.284. The van der Waals surface area contributed by atoms with Gasteiger partial charge in [-0.25, -0.2) is 0 Å². The molecule has 1 aromatic rings. The normalized spacial score (nSPS) is 10.2. The van der Waals surface area contributed by atoms with Gasteiger partial charge in [0, 0.05) is 32.4 Å². The molecule has 0 unspecified atom stereocenters. The van der Waals surface area contributed by atoms with Gasteiger partial charge in [0.2, 0.25) is 0 Å². The van der Waals surface area contributed by atoms with E-state index in [1.165, 1.54) is 13.8 Å². The molecule has 1 rings (SSSR count). The lowest BCUT2D eigenvalue weighted by Gasteiger charge is -2.14. The first kappa shape index (κ1) is 16.0. The summed E-state index contributed by atoms with van der Waals surface area (Å²) in [5.74, 6) is -0.583. The molecule has 0 spiro atoms. The summed E-state index contributed by atoms with van der Waals surface area (Å²) in [4.78, 5) is 21.5. The van der Waals surface area contributed by atoms with Crippen molar-refractivity contribution in [1.29, 1.82) is 0 Å². The van der Waals surface area contributed by atoms with E-state index in [-0.39, 0.29) is 11.9 Å². The smallest absolute Gasteiger partial charge is 0.302 e. The molecular weight excluding hydrogens is 258 g/mol. The molecule has 0 aliphatic rings. The maximum Gasteiger partial charge on any atom is 0.302 e. The number of hydrogen-bond donors (Lipinski definition) is 1. The van der Waals surface area contributed by atoms with Crippen molar-refractivity contribution in [3.05, 3.63) is 28.8 Å². The Hall–Kier alpha value is -2.04. The number of carbonyl (C=O) groups is 2. The Morgan fingerprint density at radius 1 is 1.05 bits per heavy atom. The summed E-state index contributed by atoms with van der Waals surface area (Å²) in [7, 11) is 0. The number of esters is 2. The zero-order valence-electron chi connectivity index (χ0n) is 12.2. The number of ether oxygens (including phenoxy) is 2. The van der Waals surface area contributed by atoms with Crippen LogP contribution in [0.15, 0.2) is 12.1 Å². The van der Waals surface area contributed by atoms with Crippen molar-refractivity contribution in [2.45, 2.75) is 33.6 Å². The van der Waals surface area contributed by atoms with Crippen LogP contribution >= 0.6 is 0 Å². The molecule has 1 aromatic carbocycles. The van der Waals surface area contributed by atoms with Crippen LogP contribution in [0.5, 0.6) is 0 Å². The van der Waals surface area contributed by atoms with Gasteiger partial charge in [-0.1, -0.05) is 6.07 Å². The highest BCUT2D eigenvalue weighted by molar-refractivity contribution is 5.66. The van der Waals surface area contributed by atoms with E-state index in [0.29, 0.717) is 31.7 Å².